The molecule has 1 N–H and O–H groups in total. The Morgan fingerprint density at radius 1 is 1.23 bits per heavy atom. The smallest absolute Gasteiger partial charge is 0.262 e. The number of Topliss-reactive ketones (excluding diaryl/α,β-unsaturated/α-hetero) is 1. The third-order valence-electron chi connectivity index (χ3n) is 5.16. The number of aryl methyl sites for hydroxylation is 2. The van der Waals surface area contributed by atoms with E-state index < -0.39 is 5.82 Å². The molecule has 2 aromatic carbocycles. The summed E-state index contributed by atoms with van der Waals surface area (Å²) in [7, 11) is 0. The number of amides is 1. The number of fused-ring (bicyclic) bond motifs is 2. The molecule has 0 aliphatic heterocycles. The van der Waals surface area contributed by atoms with Crippen LogP contribution in [0.2, 0.25) is 0 Å². The first-order chi connectivity index (χ1) is 12.5. The van der Waals surface area contributed by atoms with Crippen LogP contribution in [0.3, 0.4) is 0 Å². The van der Waals surface area contributed by atoms with Crippen LogP contribution in [0.15, 0.2) is 30.3 Å². The second-order valence-electron chi connectivity index (χ2n) is 7.04. The maximum absolute atomic E-state index is 14.0. The minimum Gasteiger partial charge on any atom is -0.483 e. The summed E-state index contributed by atoms with van der Waals surface area (Å²) in [6.45, 7) is 1.59. The summed E-state index contributed by atoms with van der Waals surface area (Å²) in [5, 5.41) is 2.82. The van der Waals surface area contributed by atoms with Crippen molar-refractivity contribution in [2.24, 2.45) is 0 Å². The number of anilines is 1. The zero-order valence-electron chi connectivity index (χ0n) is 14.6. The van der Waals surface area contributed by atoms with E-state index in [1.54, 1.807) is 0 Å². The number of hydrogen-bond acceptors (Lipinski definition) is 3. The first kappa shape index (κ1) is 16.8. The molecule has 2 aromatic rings. The van der Waals surface area contributed by atoms with Gasteiger partial charge in [-0.2, -0.15) is 0 Å². The van der Waals surface area contributed by atoms with E-state index in [4.69, 9.17) is 4.74 Å². The fraction of sp³-hybridized carbons (Fsp3) is 0.333. The van der Waals surface area contributed by atoms with Crippen molar-refractivity contribution < 1.29 is 18.7 Å². The SMILES string of the molecule is C[C@@H]1CC(=O)c2c(OCC(=O)Nc3ccc4c(c3)CCC4)ccc(F)c21. The van der Waals surface area contributed by atoms with Gasteiger partial charge in [-0.3, -0.25) is 9.59 Å². The van der Waals surface area contributed by atoms with Gasteiger partial charge in [0.05, 0.1) is 5.56 Å². The van der Waals surface area contributed by atoms with Crippen LogP contribution in [-0.2, 0) is 17.6 Å². The fourth-order valence-corrected chi connectivity index (χ4v) is 3.94. The summed E-state index contributed by atoms with van der Waals surface area (Å²) < 4.78 is 19.6. The molecular weight excluding hydrogens is 333 g/mol. The van der Waals surface area contributed by atoms with Gasteiger partial charge in [-0.25, -0.2) is 4.39 Å². The van der Waals surface area contributed by atoms with Gasteiger partial charge in [0.2, 0.25) is 0 Å². The highest BCUT2D eigenvalue weighted by Crippen LogP contribution is 2.39. The van der Waals surface area contributed by atoms with Crippen molar-refractivity contribution in [1.82, 2.24) is 0 Å². The first-order valence-electron chi connectivity index (χ1n) is 8.93. The monoisotopic (exact) mass is 353 g/mol. The van der Waals surface area contributed by atoms with Gasteiger partial charge >= 0.3 is 0 Å². The highest BCUT2D eigenvalue weighted by atomic mass is 19.1. The highest BCUT2D eigenvalue weighted by molar-refractivity contribution is 6.04. The summed E-state index contributed by atoms with van der Waals surface area (Å²) in [5.41, 5.74) is 4.04. The minimum absolute atomic E-state index is 0.138. The van der Waals surface area contributed by atoms with Crippen LogP contribution in [0.1, 0.15) is 52.7 Å². The second kappa shape index (κ2) is 6.56. The molecule has 2 aliphatic rings. The van der Waals surface area contributed by atoms with E-state index in [1.807, 2.05) is 25.1 Å². The van der Waals surface area contributed by atoms with E-state index >= 15 is 0 Å². The number of hydrogen-bond donors (Lipinski definition) is 1. The van der Waals surface area contributed by atoms with Crippen LogP contribution in [0, 0.1) is 5.82 Å². The Labute approximate surface area is 151 Å². The predicted molar refractivity (Wildman–Crippen MR) is 96.4 cm³/mol. The average Bonchev–Trinajstić information content (AvgIpc) is 3.19. The molecule has 1 amide bonds. The van der Waals surface area contributed by atoms with E-state index in [2.05, 4.69) is 5.32 Å². The summed E-state index contributed by atoms with van der Waals surface area (Å²) >= 11 is 0. The molecule has 0 aromatic heterocycles. The van der Waals surface area contributed by atoms with Gasteiger partial charge in [0.15, 0.2) is 12.4 Å². The largest absolute Gasteiger partial charge is 0.483 e. The summed E-state index contributed by atoms with van der Waals surface area (Å²) in [6.07, 6.45) is 3.55. The molecule has 26 heavy (non-hydrogen) atoms. The lowest BCUT2D eigenvalue weighted by Crippen LogP contribution is -2.21. The standard InChI is InChI=1S/C21H20FNO3/c1-12-9-17(24)21-18(8-7-16(22)20(12)21)26-11-19(25)23-15-6-5-13-3-2-4-14(13)10-15/h5-8,10,12H,2-4,9,11H2,1H3,(H,23,25)/t12-/m1/s1. The maximum Gasteiger partial charge on any atom is 0.262 e. The lowest BCUT2D eigenvalue weighted by Gasteiger charge is -2.12. The molecule has 0 saturated carbocycles. The molecule has 4 rings (SSSR count). The highest BCUT2D eigenvalue weighted by Gasteiger charge is 2.32. The van der Waals surface area contributed by atoms with E-state index in [0.717, 1.165) is 24.9 Å². The van der Waals surface area contributed by atoms with Crippen LogP contribution in [-0.4, -0.2) is 18.3 Å². The average molecular weight is 353 g/mol. The number of carbonyl (C=O) groups excluding carboxylic acids is 2. The van der Waals surface area contributed by atoms with E-state index in [0.29, 0.717) is 5.56 Å². The number of ether oxygens (including phenoxy) is 1. The molecule has 0 bridgehead atoms. The van der Waals surface area contributed by atoms with Crippen LogP contribution in [0.5, 0.6) is 5.75 Å². The van der Waals surface area contributed by atoms with Gasteiger partial charge < -0.3 is 10.1 Å². The lowest BCUT2D eigenvalue weighted by molar-refractivity contribution is -0.118. The van der Waals surface area contributed by atoms with Crippen molar-refractivity contribution in [1.29, 1.82) is 0 Å². The molecule has 0 fully saturated rings. The summed E-state index contributed by atoms with van der Waals surface area (Å²) in [6, 6.07) is 8.66. The first-order valence-corrected chi connectivity index (χ1v) is 8.93. The molecular formula is C21H20FNO3. The van der Waals surface area contributed by atoms with Gasteiger partial charge in [0, 0.05) is 17.7 Å². The van der Waals surface area contributed by atoms with Crippen LogP contribution < -0.4 is 10.1 Å². The molecule has 5 heteroatoms. The minimum atomic E-state index is -0.395. The second-order valence-corrected chi connectivity index (χ2v) is 7.04. The lowest BCUT2D eigenvalue weighted by atomic mass is 10.0. The Bertz CT molecular complexity index is 906. The molecule has 134 valence electrons. The summed E-state index contributed by atoms with van der Waals surface area (Å²) in [5.74, 6) is -0.727. The van der Waals surface area contributed by atoms with Crippen LogP contribution in [0.4, 0.5) is 10.1 Å². The molecule has 0 saturated heterocycles. The van der Waals surface area contributed by atoms with Crippen LogP contribution in [0.25, 0.3) is 0 Å². The Kier molecular flexibility index (Phi) is 4.23. The molecule has 0 spiro atoms. The Balaban J connectivity index is 1.45. The molecule has 1 atom stereocenters. The van der Waals surface area contributed by atoms with Gasteiger partial charge in [0.25, 0.3) is 5.91 Å². The maximum atomic E-state index is 14.0. The molecule has 0 unspecified atom stereocenters. The fourth-order valence-electron chi connectivity index (χ4n) is 3.94. The van der Waals surface area contributed by atoms with Gasteiger partial charge in [-0.05, 0) is 60.6 Å². The van der Waals surface area contributed by atoms with Gasteiger partial charge in [0.1, 0.15) is 11.6 Å². The molecule has 0 heterocycles. The molecule has 0 radical (unpaired) electrons. The van der Waals surface area contributed by atoms with Gasteiger partial charge in [-0.1, -0.05) is 13.0 Å². The zero-order chi connectivity index (χ0) is 18.3. The van der Waals surface area contributed by atoms with E-state index in [1.165, 1.54) is 23.3 Å². The number of carbonyl (C=O) groups is 2. The van der Waals surface area contributed by atoms with Crippen molar-refractivity contribution >= 4 is 17.4 Å². The predicted octanol–water partition coefficient (Wildman–Crippen LogP) is 4.02. The topological polar surface area (TPSA) is 55.4 Å². The number of halogens is 1. The van der Waals surface area contributed by atoms with Gasteiger partial charge in [-0.15, -0.1) is 0 Å². The Morgan fingerprint density at radius 3 is 2.88 bits per heavy atom. The van der Waals surface area contributed by atoms with Crippen molar-refractivity contribution in [2.45, 2.75) is 38.5 Å². The quantitative estimate of drug-likeness (QED) is 0.903. The Morgan fingerprint density at radius 2 is 2.04 bits per heavy atom. The van der Waals surface area contributed by atoms with Crippen LogP contribution >= 0.6 is 0 Å². The number of nitrogens with one attached hydrogen (secondary N) is 1. The third-order valence-corrected chi connectivity index (χ3v) is 5.16. The van der Waals surface area contributed by atoms with E-state index in [-0.39, 0.29) is 41.9 Å². The Hall–Kier alpha value is -2.69. The van der Waals surface area contributed by atoms with E-state index in [9.17, 15) is 14.0 Å². The normalized spacial score (nSPS) is 17.8. The van der Waals surface area contributed by atoms with Crippen molar-refractivity contribution in [3.63, 3.8) is 0 Å². The van der Waals surface area contributed by atoms with Crippen molar-refractivity contribution in [3.05, 3.63) is 58.4 Å². The van der Waals surface area contributed by atoms with Crippen molar-refractivity contribution in [3.8, 4) is 5.75 Å². The third kappa shape index (κ3) is 2.98. The number of rotatable bonds is 4. The summed E-state index contributed by atoms with van der Waals surface area (Å²) in [4.78, 5) is 24.3. The zero-order valence-corrected chi connectivity index (χ0v) is 14.6. The molecule has 4 nitrogen and oxygen atoms in total. The van der Waals surface area contributed by atoms with Crippen molar-refractivity contribution in [2.75, 3.05) is 11.9 Å². The number of ketones is 1. The number of benzene rings is 2. The molecule has 2 aliphatic carbocycles.